The summed E-state index contributed by atoms with van der Waals surface area (Å²) in [6, 6.07) is -1.12. The van der Waals surface area contributed by atoms with E-state index in [4.69, 9.17) is 34.9 Å². The van der Waals surface area contributed by atoms with Crippen molar-refractivity contribution in [1.82, 2.24) is 5.32 Å². The van der Waals surface area contributed by atoms with Gasteiger partial charge in [-0.1, -0.05) is 64.2 Å². The summed E-state index contributed by atoms with van der Waals surface area (Å²) in [5, 5.41) is 20.2. The van der Waals surface area contributed by atoms with E-state index in [1.807, 2.05) is 0 Å². The Labute approximate surface area is 268 Å². The highest BCUT2D eigenvalue weighted by atomic mass is 16.6. The van der Waals surface area contributed by atoms with E-state index in [1.165, 1.54) is 19.3 Å². The van der Waals surface area contributed by atoms with Crippen LogP contribution < -0.4 is 11.1 Å². The maximum Gasteiger partial charge on any atom is 0.320 e. The van der Waals surface area contributed by atoms with Gasteiger partial charge in [0.25, 0.3) is 0 Å². The van der Waals surface area contributed by atoms with Gasteiger partial charge < -0.3 is 40.2 Å². The molecule has 0 aliphatic heterocycles. The Morgan fingerprint density at radius 2 is 1.11 bits per heavy atom. The number of carbonyl (C=O) groups excluding carboxylic acids is 3. The number of carboxylic acids is 2. The Bertz CT molecular complexity index is 782. The van der Waals surface area contributed by atoms with E-state index >= 15 is 0 Å². The van der Waals surface area contributed by atoms with Crippen LogP contribution in [0.25, 0.3) is 0 Å². The highest BCUT2D eigenvalue weighted by molar-refractivity contribution is 5.84. The molecular formula is C32H57N2O11. The van der Waals surface area contributed by atoms with Crippen LogP contribution in [-0.4, -0.2) is 105 Å². The van der Waals surface area contributed by atoms with E-state index < -0.39 is 30.0 Å². The first-order valence-corrected chi connectivity index (χ1v) is 16.5. The molecule has 0 spiro atoms. The second-order valence-corrected chi connectivity index (χ2v) is 11.0. The summed E-state index contributed by atoms with van der Waals surface area (Å²) < 4.78 is 21.8. The standard InChI is InChI=1S/C32H57N2O11/c33-27(32(40)41)16-17-30(37)34-26-29(45-25-24-44-23-22-43-21-20-42-19-13-18-35)28(36)14-11-9-7-5-3-1-2-4-6-8-10-12-15-31(38)39/h27,29H,1-17,19-26,33H2,(H,34,37)(H,38,39)(H,40,41)/t27-,29?/m0/s1. The van der Waals surface area contributed by atoms with Gasteiger partial charge in [0, 0.05) is 25.7 Å². The van der Waals surface area contributed by atoms with Crippen molar-refractivity contribution in [2.24, 2.45) is 5.73 Å². The number of nitrogens with one attached hydrogen (secondary N) is 1. The number of unbranched alkanes of at least 4 members (excludes halogenated alkanes) is 11. The number of Topliss-reactive ketones (excluding diaryl/α,β-unsaturated/α-hetero) is 1. The Morgan fingerprint density at radius 3 is 1.60 bits per heavy atom. The molecule has 1 amide bonds. The molecule has 2 atom stereocenters. The molecule has 13 nitrogen and oxygen atoms in total. The van der Waals surface area contributed by atoms with Crippen LogP contribution >= 0.6 is 0 Å². The number of hydrogen-bond donors (Lipinski definition) is 4. The molecule has 0 aliphatic carbocycles. The molecule has 0 aliphatic rings. The number of ether oxygens (including phenoxy) is 4. The van der Waals surface area contributed by atoms with Crippen LogP contribution in [-0.2, 0) is 42.9 Å². The smallest absolute Gasteiger partial charge is 0.320 e. The van der Waals surface area contributed by atoms with Gasteiger partial charge in [-0.2, -0.15) is 0 Å². The third kappa shape index (κ3) is 30.0. The predicted molar refractivity (Wildman–Crippen MR) is 168 cm³/mol. The molecule has 0 rings (SSSR count). The van der Waals surface area contributed by atoms with Crippen LogP contribution in [0.2, 0.25) is 0 Å². The Morgan fingerprint density at radius 1 is 0.644 bits per heavy atom. The average Bonchev–Trinajstić information content (AvgIpc) is 3.01. The lowest BCUT2D eigenvalue weighted by atomic mass is 10.0. The van der Waals surface area contributed by atoms with E-state index in [0.29, 0.717) is 39.5 Å². The molecule has 0 bridgehead atoms. The van der Waals surface area contributed by atoms with E-state index in [9.17, 15) is 24.0 Å². The van der Waals surface area contributed by atoms with E-state index in [1.54, 1.807) is 6.29 Å². The first-order chi connectivity index (χ1) is 21.8. The van der Waals surface area contributed by atoms with Gasteiger partial charge in [0.2, 0.25) is 12.2 Å². The number of carboxylic acid groups (broad SMARTS) is 2. The van der Waals surface area contributed by atoms with Crippen molar-refractivity contribution in [3.8, 4) is 0 Å². The zero-order valence-electron chi connectivity index (χ0n) is 27.0. The van der Waals surface area contributed by atoms with Gasteiger partial charge in [0.05, 0.1) is 52.8 Å². The Kier molecular flexibility index (Phi) is 29.8. The number of carbonyl (C=O) groups is 4. The van der Waals surface area contributed by atoms with E-state index in [0.717, 1.165) is 57.8 Å². The van der Waals surface area contributed by atoms with Gasteiger partial charge in [0.15, 0.2) is 5.78 Å². The van der Waals surface area contributed by atoms with Crippen molar-refractivity contribution in [3.63, 3.8) is 0 Å². The fourth-order valence-electron chi connectivity index (χ4n) is 4.38. The molecule has 1 unspecified atom stereocenters. The summed E-state index contributed by atoms with van der Waals surface area (Å²) in [6.07, 6.45) is 14.2. The largest absolute Gasteiger partial charge is 0.481 e. The van der Waals surface area contributed by atoms with Crippen molar-refractivity contribution < 1.29 is 53.1 Å². The molecule has 0 fully saturated rings. The molecule has 0 heterocycles. The van der Waals surface area contributed by atoms with Gasteiger partial charge in [-0.3, -0.25) is 24.0 Å². The fourth-order valence-corrected chi connectivity index (χ4v) is 4.38. The van der Waals surface area contributed by atoms with Crippen molar-refractivity contribution in [2.75, 3.05) is 52.8 Å². The lowest BCUT2D eigenvalue weighted by molar-refractivity contribution is -0.139. The number of aliphatic carboxylic acids is 2. The van der Waals surface area contributed by atoms with Crippen molar-refractivity contribution in [2.45, 2.75) is 121 Å². The molecule has 0 aromatic carbocycles. The topological polar surface area (TPSA) is 201 Å². The molecule has 13 heteroatoms. The average molecular weight is 646 g/mol. The second kappa shape index (κ2) is 31.5. The van der Waals surface area contributed by atoms with E-state index in [2.05, 4.69) is 5.32 Å². The normalized spacial score (nSPS) is 12.5. The maximum absolute atomic E-state index is 12.9. The van der Waals surface area contributed by atoms with Gasteiger partial charge >= 0.3 is 11.9 Å². The van der Waals surface area contributed by atoms with Crippen molar-refractivity contribution in [1.29, 1.82) is 0 Å². The predicted octanol–water partition coefficient (Wildman–Crippen LogP) is 3.34. The summed E-state index contributed by atoms with van der Waals surface area (Å²) in [5.41, 5.74) is 5.46. The third-order valence-corrected chi connectivity index (χ3v) is 7.05. The van der Waals surface area contributed by atoms with Crippen LogP contribution in [0.4, 0.5) is 0 Å². The third-order valence-electron chi connectivity index (χ3n) is 7.05. The highest BCUT2D eigenvalue weighted by Crippen LogP contribution is 2.14. The van der Waals surface area contributed by atoms with Crippen LogP contribution in [0.3, 0.4) is 0 Å². The molecule has 0 saturated heterocycles. The van der Waals surface area contributed by atoms with Crippen LogP contribution in [0.5, 0.6) is 0 Å². The van der Waals surface area contributed by atoms with Gasteiger partial charge in [-0.15, -0.1) is 0 Å². The summed E-state index contributed by atoms with van der Waals surface area (Å²) >= 11 is 0. The summed E-state index contributed by atoms with van der Waals surface area (Å²) in [6.45, 7) is 2.15. The lowest BCUT2D eigenvalue weighted by Crippen LogP contribution is -2.40. The summed E-state index contributed by atoms with van der Waals surface area (Å²) in [5.74, 6) is -2.39. The lowest BCUT2D eigenvalue weighted by Gasteiger charge is -2.18. The molecule has 5 N–H and O–H groups in total. The fraction of sp³-hybridized carbons (Fsp3) is 0.844. The Hall–Kier alpha value is -2.45. The first-order valence-electron chi connectivity index (χ1n) is 16.5. The second-order valence-electron chi connectivity index (χ2n) is 11.0. The van der Waals surface area contributed by atoms with Crippen LogP contribution in [0.1, 0.15) is 109 Å². The zero-order chi connectivity index (χ0) is 33.4. The monoisotopic (exact) mass is 645 g/mol. The minimum absolute atomic E-state index is 0.00534. The van der Waals surface area contributed by atoms with Gasteiger partial charge in [-0.05, 0) is 19.3 Å². The molecule has 1 radical (unpaired) electrons. The Balaban J connectivity index is 4.18. The van der Waals surface area contributed by atoms with Crippen LogP contribution in [0.15, 0.2) is 0 Å². The number of amides is 1. The molecule has 0 aromatic rings. The number of rotatable bonds is 35. The van der Waals surface area contributed by atoms with Gasteiger partial charge in [-0.25, -0.2) is 0 Å². The molecule has 45 heavy (non-hydrogen) atoms. The SMILES string of the molecule is N[C@@H](CCC(=O)NCC(OCCOCCOCCOCC[C]=O)C(=O)CCCCCCCCCCCCCCC(=O)O)C(=O)O. The minimum atomic E-state index is -1.17. The summed E-state index contributed by atoms with van der Waals surface area (Å²) in [7, 11) is 0. The molecule has 0 aromatic heterocycles. The summed E-state index contributed by atoms with van der Waals surface area (Å²) in [4.78, 5) is 56.5. The molecule has 261 valence electrons. The number of ketones is 1. The van der Waals surface area contributed by atoms with Gasteiger partial charge in [0.1, 0.15) is 12.1 Å². The van der Waals surface area contributed by atoms with E-state index in [-0.39, 0.29) is 51.2 Å². The van der Waals surface area contributed by atoms with Crippen molar-refractivity contribution >= 4 is 29.9 Å². The maximum atomic E-state index is 12.9. The van der Waals surface area contributed by atoms with Crippen molar-refractivity contribution in [3.05, 3.63) is 0 Å². The quantitative estimate of drug-likeness (QED) is 0.0734. The molecule has 0 saturated carbocycles. The minimum Gasteiger partial charge on any atom is -0.481 e. The number of hydrogen-bond acceptors (Lipinski definition) is 10. The highest BCUT2D eigenvalue weighted by Gasteiger charge is 2.20. The molecular weight excluding hydrogens is 588 g/mol. The van der Waals surface area contributed by atoms with Crippen LogP contribution in [0, 0.1) is 0 Å². The first kappa shape index (κ1) is 42.6. The zero-order valence-corrected chi connectivity index (χ0v) is 27.0. The number of nitrogens with two attached hydrogens (primary N) is 1.